The van der Waals surface area contributed by atoms with Gasteiger partial charge in [0.05, 0.1) is 23.3 Å². The highest BCUT2D eigenvalue weighted by atomic mass is 32.1. The molecule has 0 saturated heterocycles. The third kappa shape index (κ3) is 5.85. The molecule has 35 heavy (non-hydrogen) atoms. The molecule has 1 amide bonds. The Morgan fingerprint density at radius 2 is 2.06 bits per heavy atom. The summed E-state index contributed by atoms with van der Waals surface area (Å²) in [5.74, 6) is -2.40. The summed E-state index contributed by atoms with van der Waals surface area (Å²) in [5.41, 5.74) is 1.38. The van der Waals surface area contributed by atoms with Crippen molar-refractivity contribution in [2.75, 3.05) is 13.1 Å². The Balaban J connectivity index is 1.02. The highest BCUT2D eigenvalue weighted by Crippen LogP contribution is 2.49. The molecule has 6 nitrogen and oxygen atoms in total. The number of aryl methyl sites for hydroxylation is 1. The minimum atomic E-state index is -2.50. The van der Waals surface area contributed by atoms with E-state index in [9.17, 15) is 18.0 Å². The van der Waals surface area contributed by atoms with Gasteiger partial charge >= 0.3 is 0 Å². The molecule has 2 aromatic heterocycles. The summed E-state index contributed by atoms with van der Waals surface area (Å²) < 4.78 is 41.3. The number of amides is 1. The fraction of sp³-hybridized carbons (Fsp3) is 0.680. The lowest BCUT2D eigenvalue weighted by Gasteiger charge is -2.33. The van der Waals surface area contributed by atoms with Crippen LogP contribution in [0.15, 0.2) is 11.2 Å². The molecule has 0 spiro atoms. The Hall–Kier alpha value is -2.07. The molecule has 1 aliphatic heterocycles. The van der Waals surface area contributed by atoms with E-state index in [2.05, 4.69) is 15.0 Å². The van der Waals surface area contributed by atoms with Crippen LogP contribution in [-0.4, -0.2) is 50.8 Å². The van der Waals surface area contributed by atoms with E-state index in [0.717, 1.165) is 73.5 Å². The normalized spacial score (nSPS) is 25.0. The van der Waals surface area contributed by atoms with Crippen LogP contribution in [0.3, 0.4) is 0 Å². The Morgan fingerprint density at radius 1 is 1.29 bits per heavy atom. The van der Waals surface area contributed by atoms with Gasteiger partial charge < -0.3 is 0 Å². The van der Waals surface area contributed by atoms with Crippen LogP contribution in [0.4, 0.5) is 13.2 Å². The van der Waals surface area contributed by atoms with Crippen LogP contribution < -0.4 is 0 Å². The largest absolute Gasteiger partial charge is 0.297 e. The quantitative estimate of drug-likeness (QED) is 0.499. The fourth-order valence-electron chi connectivity index (χ4n) is 5.45. The monoisotopic (exact) mass is 507 g/mol. The second kappa shape index (κ2) is 10.1. The van der Waals surface area contributed by atoms with E-state index in [1.807, 2.05) is 0 Å². The molecule has 3 heterocycles. The zero-order valence-corrected chi connectivity index (χ0v) is 20.9. The summed E-state index contributed by atoms with van der Waals surface area (Å²) in [4.78, 5) is 24.6. The van der Waals surface area contributed by atoms with E-state index >= 15 is 0 Å². The Bertz CT molecular complexity index is 1080. The maximum Gasteiger partial charge on any atom is 0.249 e. The second-order valence-corrected chi connectivity index (χ2v) is 11.5. The molecule has 2 saturated carbocycles. The zero-order chi connectivity index (χ0) is 24.6. The van der Waals surface area contributed by atoms with Crippen molar-refractivity contribution in [1.82, 2.24) is 19.7 Å². The Kier molecular flexibility index (Phi) is 7.12. The molecule has 0 unspecified atom stereocenters. The van der Waals surface area contributed by atoms with Gasteiger partial charge in [0.15, 0.2) is 0 Å². The minimum Gasteiger partial charge on any atom is -0.297 e. The first kappa shape index (κ1) is 24.6. The number of hydrogen-bond acceptors (Lipinski definition) is 5. The molecule has 0 radical (unpaired) electrons. The average Bonchev–Trinajstić information content (AvgIpc) is 3.38. The van der Waals surface area contributed by atoms with Gasteiger partial charge in [-0.15, -0.1) is 11.3 Å². The third-order valence-electron chi connectivity index (χ3n) is 7.71. The van der Waals surface area contributed by atoms with Crippen LogP contribution in [0.1, 0.15) is 72.0 Å². The van der Waals surface area contributed by atoms with Gasteiger partial charge in [-0.3, -0.25) is 9.69 Å². The zero-order valence-electron chi connectivity index (χ0n) is 20.1. The third-order valence-corrected chi connectivity index (χ3v) is 9.03. The Morgan fingerprint density at radius 3 is 2.74 bits per heavy atom. The molecule has 2 fully saturated rings. The van der Waals surface area contributed by atoms with Crippen molar-refractivity contribution in [3.8, 4) is 0 Å². The number of aromatic nitrogens is 3. The first-order valence-electron chi connectivity index (χ1n) is 12.6. The highest BCUT2D eigenvalue weighted by Gasteiger charge is 2.47. The molecular formula is C25H32F3N5OS. The van der Waals surface area contributed by atoms with Gasteiger partial charge in [0, 0.05) is 55.6 Å². The standard InChI is InChI=1S/C25H32F3N5OS/c1-32-23(26)18(14-30-32)10-22(34)29-13-17-4-2-16(3-5-17)6-8-33-9-7-21-20(15-33)31-24(35-21)19-11-25(27,28)12-19/h13-14,16-17,19H,2-12,15H2,1H3. The number of carbonyl (C=O) groups excluding carboxylic acids is 1. The van der Waals surface area contributed by atoms with Crippen molar-refractivity contribution in [1.29, 1.82) is 0 Å². The summed E-state index contributed by atoms with van der Waals surface area (Å²) in [7, 11) is 1.50. The molecule has 0 aromatic carbocycles. The molecule has 0 bridgehead atoms. The van der Waals surface area contributed by atoms with Crippen LogP contribution in [0, 0.1) is 17.8 Å². The maximum absolute atomic E-state index is 13.8. The average molecular weight is 508 g/mol. The first-order chi connectivity index (χ1) is 16.8. The van der Waals surface area contributed by atoms with E-state index in [0.29, 0.717) is 11.8 Å². The summed E-state index contributed by atoms with van der Waals surface area (Å²) in [6.45, 7) is 2.88. The first-order valence-corrected chi connectivity index (χ1v) is 13.4. The SMILES string of the molecule is Cn1ncc(CC(=O)N=CC2CCC(CCN3CCc4sc(C5CC(F)(F)C5)nc4C3)CC2)c1F. The van der Waals surface area contributed by atoms with E-state index in [4.69, 9.17) is 4.98 Å². The number of carbonyl (C=O) groups is 1. The molecule has 0 N–H and O–H groups in total. The predicted molar refractivity (Wildman–Crippen MR) is 128 cm³/mol. The number of nitrogens with zero attached hydrogens (tertiary/aromatic N) is 5. The van der Waals surface area contributed by atoms with Crippen molar-refractivity contribution in [3.63, 3.8) is 0 Å². The molecule has 2 aliphatic carbocycles. The molecule has 3 aliphatic rings. The lowest BCUT2D eigenvalue weighted by Crippen LogP contribution is -2.33. The van der Waals surface area contributed by atoms with E-state index in [1.165, 1.54) is 18.1 Å². The van der Waals surface area contributed by atoms with Crippen LogP contribution in [0.5, 0.6) is 0 Å². The second-order valence-electron chi connectivity index (χ2n) is 10.4. The number of hydrogen-bond donors (Lipinski definition) is 0. The molecular weight excluding hydrogens is 475 g/mol. The highest BCUT2D eigenvalue weighted by molar-refractivity contribution is 7.11. The number of rotatable bonds is 7. The summed E-state index contributed by atoms with van der Waals surface area (Å²) in [5, 5.41) is 4.72. The summed E-state index contributed by atoms with van der Waals surface area (Å²) in [6, 6.07) is 0. The van der Waals surface area contributed by atoms with E-state index < -0.39 is 11.9 Å². The lowest BCUT2D eigenvalue weighted by molar-refractivity contribution is -0.117. The van der Waals surface area contributed by atoms with Crippen molar-refractivity contribution >= 4 is 23.5 Å². The van der Waals surface area contributed by atoms with Gasteiger partial charge in [-0.1, -0.05) is 0 Å². The molecule has 2 aromatic rings. The fourth-order valence-corrected chi connectivity index (χ4v) is 6.61. The number of halogens is 3. The van der Waals surface area contributed by atoms with Crippen molar-refractivity contribution in [3.05, 3.63) is 33.3 Å². The minimum absolute atomic E-state index is 0.0479. The summed E-state index contributed by atoms with van der Waals surface area (Å²) >= 11 is 1.65. The Labute approximate surface area is 207 Å². The number of alkyl halides is 2. The molecule has 10 heteroatoms. The van der Waals surface area contributed by atoms with Crippen LogP contribution in [0.2, 0.25) is 0 Å². The van der Waals surface area contributed by atoms with Crippen molar-refractivity contribution in [2.24, 2.45) is 23.9 Å². The lowest BCUT2D eigenvalue weighted by atomic mass is 9.81. The van der Waals surface area contributed by atoms with Gasteiger partial charge in [0.1, 0.15) is 0 Å². The number of aliphatic imine (C=N–C) groups is 1. The van der Waals surface area contributed by atoms with Gasteiger partial charge in [-0.25, -0.2) is 23.4 Å². The van der Waals surface area contributed by atoms with E-state index in [1.54, 1.807) is 17.6 Å². The van der Waals surface area contributed by atoms with Crippen molar-refractivity contribution < 1.29 is 18.0 Å². The predicted octanol–water partition coefficient (Wildman–Crippen LogP) is 4.92. The van der Waals surface area contributed by atoms with Crippen LogP contribution >= 0.6 is 11.3 Å². The molecule has 0 atom stereocenters. The maximum atomic E-state index is 13.8. The van der Waals surface area contributed by atoms with Gasteiger partial charge in [-0.05, 0) is 56.9 Å². The molecule has 5 rings (SSSR count). The van der Waals surface area contributed by atoms with E-state index in [-0.39, 0.29) is 36.7 Å². The van der Waals surface area contributed by atoms with Gasteiger partial charge in [-0.2, -0.15) is 9.49 Å². The van der Waals surface area contributed by atoms with Gasteiger partial charge in [0.2, 0.25) is 17.8 Å². The molecule has 190 valence electrons. The number of thiazole rings is 1. The van der Waals surface area contributed by atoms with Crippen molar-refractivity contribution in [2.45, 2.75) is 76.2 Å². The van der Waals surface area contributed by atoms with Crippen LogP contribution in [-0.2, 0) is 31.2 Å². The van der Waals surface area contributed by atoms with Gasteiger partial charge in [0.25, 0.3) is 0 Å². The smallest absolute Gasteiger partial charge is 0.249 e. The van der Waals surface area contributed by atoms with Crippen LogP contribution in [0.25, 0.3) is 0 Å². The number of fused-ring (bicyclic) bond motifs is 1. The summed E-state index contributed by atoms with van der Waals surface area (Å²) in [6.07, 6.45) is 9.38. The topological polar surface area (TPSA) is 63.4 Å².